The van der Waals surface area contributed by atoms with Crippen LogP contribution >= 0.6 is 11.6 Å². The van der Waals surface area contributed by atoms with E-state index in [2.05, 4.69) is 20.0 Å². The summed E-state index contributed by atoms with van der Waals surface area (Å²) in [5.74, 6) is -1.32. The number of nitrogens with one attached hydrogen (secondary N) is 2. The lowest BCUT2D eigenvalue weighted by Gasteiger charge is -2.15. The van der Waals surface area contributed by atoms with Crippen molar-refractivity contribution in [2.24, 2.45) is 5.73 Å². The maximum absolute atomic E-state index is 13.3. The number of pyridine rings is 2. The lowest BCUT2D eigenvalue weighted by molar-refractivity contribution is -0.138. The maximum atomic E-state index is 13.3. The highest BCUT2D eigenvalue weighted by Crippen LogP contribution is 2.34. The van der Waals surface area contributed by atoms with E-state index < -0.39 is 38.3 Å². The van der Waals surface area contributed by atoms with Crippen LogP contribution in [0, 0.1) is 6.92 Å². The van der Waals surface area contributed by atoms with E-state index in [1.807, 2.05) is 0 Å². The summed E-state index contributed by atoms with van der Waals surface area (Å²) in [7, 11) is -4.58. The van der Waals surface area contributed by atoms with Gasteiger partial charge in [0.05, 0.1) is 27.7 Å². The van der Waals surface area contributed by atoms with E-state index in [-0.39, 0.29) is 39.9 Å². The van der Waals surface area contributed by atoms with E-state index in [4.69, 9.17) is 17.3 Å². The number of aromatic nitrogens is 2. The zero-order chi connectivity index (χ0) is 26.0. The molecule has 0 saturated carbocycles. The van der Waals surface area contributed by atoms with Crippen LogP contribution < -0.4 is 15.8 Å². The first-order chi connectivity index (χ1) is 16.3. The first-order valence-corrected chi connectivity index (χ1v) is 11.5. The molecule has 0 bridgehead atoms. The van der Waals surface area contributed by atoms with Crippen LogP contribution in [0.3, 0.4) is 0 Å². The van der Waals surface area contributed by atoms with Crippen molar-refractivity contribution in [1.82, 2.24) is 9.97 Å². The lowest BCUT2D eigenvalue weighted by atomic mass is 10.1. The first-order valence-electron chi connectivity index (χ1n) is 9.68. The predicted octanol–water partition coefficient (Wildman–Crippen LogP) is 3.39. The van der Waals surface area contributed by atoms with Crippen LogP contribution in [0.25, 0.3) is 0 Å². The van der Waals surface area contributed by atoms with Crippen molar-refractivity contribution in [3.05, 3.63) is 76.2 Å². The third-order valence-corrected chi connectivity index (χ3v) is 6.18. The highest BCUT2D eigenvalue weighted by Gasteiger charge is 2.34. The largest absolute Gasteiger partial charge is 0.416 e. The Bertz CT molecular complexity index is 1410. The molecular formula is C21H17ClF3N5O4S. The molecule has 3 aromatic rings. The van der Waals surface area contributed by atoms with E-state index >= 15 is 0 Å². The van der Waals surface area contributed by atoms with E-state index in [0.717, 1.165) is 24.4 Å². The van der Waals surface area contributed by atoms with Crippen molar-refractivity contribution in [2.75, 3.05) is 16.6 Å². The number of nitrogens with zero attached hydrogens (tertiary/aromatic N) is 2. The summed E-state index contributed by atoms with van der Waals surface area (Å²) in [6.07, 6.45) is -2.45. The zero-order valence-corrected chi connectivity index (χ0v) is 19.4. The Balaban J connectivity index is 2.00. The van der Waals surface area contributed by atoms with Crippen molar-refractivity contribution in [2.45, 2.75) is 18.0 Å². The molecule has 14 heteroatoms. The molecular weight excluding hydrogens is 511 g/mol. The third kappa shape index (κ3) is 6.12. The number of anilines is 2. The molecule has 1 aromatic carbocycles. The summed E-state index contributed by atoms with van der Waals surface area (Å²) in [6.45, 7) is 0.878. The number of aryl methyl sites for hydroxylation is 1. The van der Waals surface area contributed by atoms with Crippen LogP contribution in [0.5, 0.6) is 0 Å². The van der Waals surface area contributed by atoms with Gasteiger partial charge in [-0.05, 0) is 42.8 Å². The molecule has 4 N–H and O–H groups in total. The van der Waals surface area contributed by atoms with Gasteiger partial charge in [-0.25, -0.2) is 18.4 Å². The molecule has 0 fully saturated rings. The normalized spacial score (nSPS) is 11.7. The second-order valence-corrected chi connectivity index (χ2v) is 9.26. The van der Waals surface area contributed by atoms with Gasteiger partial charge in [0.15, 0.2) is 0 Å². The molecule has 3 rings (SSSR count). The molecule has 0 aliphatic heterocycles. The van der Waals surface area contributed by atoms with Crippen molar-refractivity contribution < 1.29 is 31.2 Å². The highest BCUT2D eigenvalue weighted by atomic mass is 35.5. The first kappa shape index (κ1) is 26.1. The average Bonchev–Trinajstić information content (AvgIpc) is 2.78. The average molecular weight is 528 g/mol. The number of sulfonamides is 1. The molecule has 0 unspecified atom stereocenters. The van der Waals surface area contributed by atoms with Crippen molar-refractivity contribution in [3.63, 3.8) is 0 Å². The number of hydrogen-bond donors (Lipinski definition) is 3. The molecule has 2 aromatic heterocycles. The number of hydrogen-bond acceptors (Lipinski definition) is 7. The van der Waals surface area contributed by atoms with Crippen LogP contribution in [0.2, 0.25) is 5.02 Å². The zero-order valence-electron chi connectivity index (χ0n) is 17.9. The Morgan fingerprint density at radius 1 is 1.11 bits per heavy atom. The highest BCUT2D eigenvalue weighted by molar-refractivity contribution is 7.92. The van der Waals surface area contributed by atoms with Gasteiger partial charge in [-0.3, -0.25) is 14.3 Å². The number of alkyl halides is 3. The quantitative estimate of drug-likeness (QED) is 0.399. The van der Waals surface area contributed by atoms with E-state index in [9.17, 15) is 31.2 Å². The number of rotatable bonds is 7. The standard InChI is InChI=1S/C21H17ClF3N5O4S/c1-11-2-3-14(8-15(11)21(23,24)25)35(33,34)30-16-7-13(22)10-28-19(16)20(32)12-4-5-27-17(6-12)29-18(31)9-26/h2-8,10,30H,9,26H2,1H3,(H,27,29,31). The van der Waals surface area contributed by atoms with Gasteiger partial charge >= 0.3 is 6.18 Å². The fourth-order valence-electron chi connectivity index (χ4n) is 2.95. The molecule has 0 saturated heterocycles. The van der Waals surface area contributed by atoms with Crippen LogP contribution in [0.1, 0.15) is 27.2 Å². The fourth-order valence-corrected chi connectivity index (χ4v) is 4.19. The minimum Gasteiger partial charge on any atom is -0.322 e. The number of halogens is 4. The van der Waals surface area contributed by atoms with E-state index in [0.29, 0.717) is 6.07 Å². The molecule has 0 atom stereocenters. The van der Waals surface area contributed by atoms with Crippen LogP contribution in [-0.2, 0) is 21.0 Å². The van der Waals surface area contributed by atoms with Gasteiger partial charge < -0.3 is 11.1 Å². The minimum atomic E-state index is -4.77. The Morgan fingerprint density at radius 2 is 1.83 bits per heavy atom. The van der Waals surface area contributed by atoms with Crippen LogP contribution in [0.15, 0.2) is 53.7 Å². The second kappa shape index (κ2) is 9.98. The fraction of sp³-hybridized carbons (Fsp3) is 0.143. The predicted molar refractivity (Wildman–Crippen MR) is 122 cm³/mol. The SMILES string of the molecule is Cc1ccc(S(=O)(=O)Nc2cc(Cl)cnc2C(=O)c2ccnc(NC(=O)CN)c2)cc1C(F)(F)F. The van der Waals surface area contributed by atoms with Gasteiger partial charge in [-0.15, -0.1) is 0 Å². The number of benzene rings is 1. The van der Waals surface area contributed by atoms with Crippen molar-refractivity contribution >= 4 is 44.8 Å². The Kier molecular flexibility index (Phi) is 7.43. The van der Waals surface area contributed by atoms with Gasteiger partial charge in [0.1, 0.15) is 11.5 Å². The van der Waals surface area contributed by atoms with Crippen LogP contribution in [0.4, 0.5) is 24.7 Å². The maximum Gasteiger partial charge on any atom is 0.416 e. The van der Waals surface area contributed by atoms with Crippen LogP contribution in [-0.4, -0.2) is 36.6 Å². The minimum absolute atomic E-state index is 0.0155. The topological polar surface area (TPSA) is 144 Å². The van der Waals surface area contributed by atoms with Gasteiger partial charge in [-0.1, -0.05) is 17.7 Å². The molecule has 1 amide bonds. The summed E-state index contributed by atoms with van der Waals surface area (Å²) >= 11 is 5.92. The molecule has 0 radical (unpaired) electrons. The lowest BCUT2D eigenvalue weighted by Crippen LogP contribution is -2.22. The van der Waals surface area contributed by atoms with Gasteiger partial charge in [0.2, 0.25) is 11.7 Å². The molecule has 9 nitrogen and oxygen atoms in total. The Hall–Kier alpha value is -3.55. The third-order valence-electron chi connectivity index (χ3n) is 4.61. The number of ketones is 1. The van der Waals surface area contributed by atoms with Crippen molar-refractivity contribution in [1.29, 1.82) is 0 Å². The van der Waals surface area contributed by atoms with Gasteiger partial charge in [-0.2, -0.15) is 13.2 Å². The van der Waals surface area contributed by atoms with E-state index in [1.165, 1.54) is 25.3 Å². The van der Waals surface area contributed by atoms with E-state index in [1.54, 1.807) is 0 Å². The number of amides is 1. The molecule has 0 aliphatic carbocycles. The molecule has 35 heavy (non-hydrogen) atoms. The summed E-state index contributed by atoms with van der Waals surface area (Å²) in [6, 6.07) is 6.13. The number of carbonyl (C=O) groups is 2. The monoisotopic (exact) mass is 527 g/mol. The van der Waals surface area contributed by atoms with Gasteiger partial charge in [0.25, 0.3) is 10.0 Å². The molecule has 0 spiro atoms. The summed E-state index contributed by atoms with van der Waals surface area (Å²) in [5.41, 5.74) is 3.19. The number of nitrogens with two attached hydrogens (primary N) is 1. The summed E-state index contributed by atoms with van der Waals surface area (Å²) in [5, 5.41) is 2.33. The second-order valence-electron chi connectivity index (χ2n) is 7.14. The Morgan fingerprint density at radius 3 is 2.49 bits per heavy atom. The smallest absolute Gasteiger partial charge is 0.322 e. The molecule has 2 heterocycles. The Labute approximate surface area is 202 Å². The summed E-state index contributed by atoms with van der Waals surface area (Å²) in [4.78, 5) is 31.7. The number of carbonyl (C=O) groups excluding carboxylic acids is 2. The van der Waals surface area contributed by atoms with Gasteiger partial charge in [0, 0.05) is 18.0 Å². The molecule has 0 aliphatic rings. The summed E-state index contributed by atoms with van der Waals surface area (Å²) < 4.78 is 67.7. The van der Waals surface area contributed by atoms with Crippen molar-refractivity contribution in [3.8, 4) is 0 Å². The molecule has 184 valence electrons.